The Hall–Kier alpha value is -5.72. The van der Waals surface area contributed by atoms with Crippen molar-refractivity contribution in [2.45, 2.75) is 57.4 Å². The van der Waals surface area contributed by atoms with Crippen LogP contribution in [0.15, 0.2) is 67.1 Å². The summed E-state index contributed by atoms with van der Waals surface area (Å²) in [4.78, 5) is 35.1. The number of ketones is 1. The molecule has 1 atom stereocenters. The van der Waals surface area contributed by atoms with Gasteiger partial charge in [-0.05, 0) is 61.6 Å². The van der Waals surface area contributed by atoms with Gasteiger partial charge in [-0.15, -0.1) is 5.10 Å². The average molecular weight is 669 g/mol. The van der Waals surface area contributed by atoms with Crippen LogP contribution in [0, 0.1) is 17.5 Å². The summed E-state index contributed by atoms with van der Waals surface area (Å²) in [7, 11) is 0. The van der Waals surface area contributed by atoms with E-state index in [1.54, 1.807) is 42.2 Å². The molecule has 3 aromatic carbocycles. The van der Waals surface area contributed by atoms with E-state index in [4.69, 9.17) is 4.74 Å². The van der Waals surface area contributed by atoms with Gasteiger partial charge < -0.3 is 19.8 Å². The number of rotatable bonds is 4. The highest BCUT2D eigenvalue weighted by Gasteiger charge is 2.35. The molecular weight excluding hydrogens is 637 g/mol. The average Bonchev–Trinajstić information content (AvgIpc) is 3.86. The fourth-order valence-electron chi connectivity index (χ4n) is 6.43. The highest BCUT2D eigenvalue weighted by Crippen LogP contribution is 2.40. The van der Waals surface area contributed by atoms with E-state index in [0.29, 0.717) is 34.3 Å². The van der Waals surface area contributed by atoms with Crippen LogP contribution in [-0.4, -0.2) is 46.8 Å². The summed E-state index contributed by atoms with van der Waals surface area (Å²) >= 11 is 0. The van der Waals surface area contributed by atoms with E-state index in [1.807, 2.05) is 0 Å². The smallest absolute Gasteiger partial charge is 0.303 e. The molecule has 6 aromatic rings. The minimum Gasteiger partial charge on any atom is -0.481 e. The van der Waals surface area contributed by atoms with E-state index in [9.17, 15) is 14.7 Å². The van der Waals surface area contributed by atoms with Gasteiger partial charge in [0.2, 0.25) is 0 Å². The number of ether oxygens (including phenoxy) is 1. The maximum Gasteiger partial charge on any atom is 0.303 e. The second-order valence-corrected chi connectivity index (χ2v) is 12.4. The van der Waals surface area contributed by atoms with Crippen LogP contribution in [0.3, 0.4) is 0 Å². The Morgan fingerprint density at radius 3 is 2.78 bits per heavy atom. The summed E-state index contributed by atoms with van der Waals surface area (Å²) in [6.45, 7) is 1.87. The number of aliphatic carboxylic acids is 1. The van der Waals surface area contributed by atoms with Gasteiger partial charge in [0.25, 0.3) is 0 Å². The molecule has 0 spiro atoms. The van der Waals surface area contributed by atoms with Crippen molar-refractivity contribution in [1.29, 1.82) is 0 Å². The first kappa shape index (κ1) is 31.9. The molecule has 3 aromatic heterocycles. The van der Waals surface area contributed by atoms with Crippen molar-refractivity contribution < 1.29 is 32.6 Å². The number of nitrogens with one attached hydrogen (secondary N) is 2. The lowest BCUT2D eigenvalue weighted by Gasteiger charge is -2.30. The SMILES string of the molecule is CC1(c2cccc(CCC(=O)O)c2F)CCC(=O)CCc2cn(nn2)Cc2c(c(F)cc3[nH]ccc23)Oc2ccc(F)c(c2)-c2ncc1[nH]2. The Balaban J connectivity index is 1.35. The Bertz CT molecular complexity index is 2220. The van der Waals surface area contributed by atoms with Gasteiger partial charge in [-0.3, -0.25) is 9.59 Å². The molecule has 49 heavy (non-hydrogen) atoms. The Labute approximate surface area is 278 Å². The first-order valence-electron chi connectivity index (χ1n) is 15.8. The van der Waals surface area contributed by atoms with Crippen LogP contribution in [-0.2, 0) is 34.4 Å². The topological polar surface area (TPSA) is 139 Å². The molecule has 1 aliphatic heterocycles. The fourth-order valence-corrected chi connectivity index (χ4v) is 6.43. The zero-order valence-corrected chi connectivity index (χ0v) is 26.4. The Morgan fingerprint density at radius 2 is 1.94 bits per heavy atom. The number of carboxylic acid groups (broad SMARTS) is 1. The van der Waals surface area contributed by atoms with Crippen molar-refractivity contribution in [3.8, 4) is 22.9 Å². The highest BCUT2D eigenvalue weighted by atomic mass is 19.1. The summed E-state index contributed by atoms with van der Waals surface area (Å²) in [5.41, 5.74) is 1.38. The highest BCUT2D eigenvalue weighted by molar-refractivity contribution is 5.85. The summed E-state index contributed by atoms with van der Waals surface area (Å²) in [5.74, 6) is -2.80. The van der Waals surface area contributed by atoms with Crippen LogP contribution in [0.2, 0.25) is 0 Å². The number of benzene rings is 3. The van der Waals surface area contributed by atoms with E-state index < -0.39 is 28.8 Å². The fraction of sp³-hybridized carbons (Fsp3) is 0.250. The molecule has 0 saturated carbocycles. The van der Waals surface area contributed by atoms with Gasteiger partial charge in [0.1, 0.15) is 29.0 Å². The summed E-state index contributed by atoms with van der Waals surface area (Å²) in [6.07, 6.45) is 5.29. The predicted octanol–water partition coefficient (Wildman–Crippen LogP) is 7.03. The summed E-state index contributed by atoms with van der Waals surface area (Å²) < 4.78 is 54.8. The summed E-state index contributed by atoms with van der Waals surface area (Å²) in [5, 5.41) is 18.3. The van der Waals surface area contributed by atoms with Crippen molar-refractivity contribution >= 4 is 22.7 Å². The van der Waals surface area contributed by atoms with Crippen LogP contribution in [0.4, 0.5) is 13.2 Å². The van der Waals surface area contributed by atoms with E-state index in [-0.39, 0.29) is 78.4 Å². The third-order valence-electron chi connectivity index (χ3n) is 9.20. The van der Waals surface area contributed by atoms with Gasteiger partial charge >= 0.3 is 5.97 Å². The number of nitrogens with zero attached hydrogens (tertiary/aromatic N) is 4. The van der Waals surface area contributed by atoms with Crippen LogP contribution in [0.25, 0.3) is 22.3 Å². The maximum atomic E-state index is 16.1. The monoisotopic (exact) mass is 668 g/mol. The number of hydrogen-bond donors (Lipinski definition) is 3. The van der Waals surface area contributed by atoms with E-state index in [1.165, 1.54) is 36.5 Å². The van der Waals surface area contributed by atoms with Crippen LogP contribution >= 0.6 is 0 Å². The van der Waals surface area contributed by atoms with Crippen molar-refractivity contribution in [2.24, 2.45) is 0 Å². The quantitative estimate of drug-likeness (QED) is 0.183. The molecule has 1 aliphatic rings. The second kappa shape index (κ2) is 12.7. The zero-order chi connectivity index (χ0) is 34.3. The first-order valence-corrected chi connectivity index (χ1v) is 15.8. The minimum atomic E-state index is -1.15. The van der Waals surface area contributed by atoms with Crippen LogP contribution in [0.5, 0.6) is 11.5 Å². The van der Waals surface area contributed by atoms with E-state index in [0.717, 1.165) is 0 Å². The molecule has 10 nitrogen and oxygen atoms in total. The van der Waals surface area contributed by atoms with Gasteiger partial charge in [-0.1, -0.05) is 23.4 Å². The van der Waals surface area contributed by atoms with Crippen LogP contribution in [0.1, 0.15) is 60.7 Å². The number of hydrogen-bond acceptors (Lipinski definition) is 6. The number of aromatic nitrogens is 6. The third-order valence-corrected chi connectivity index (χ3v) is 9.20. The number of aromatic amines is 2. The minimum absolute atomic E-state index is 0.0176. The van der Waals surface area contributed by atoms with Gasteiger partial charge in [-0.2, -0.15) is 0 Å². The molecule has 0 aliphatic carbocycles. The number of carbonyl (C=O) groups is 2. The lowest BCUT2D eigenvalue weighted by molar-refractivity contribution is -0.137. The van der Waals surface area contributed by atoms with Gasteiger partial charge in [0.15, 0.2) is 11.6 Å². The van der Waals surface area contributed by atoms with E-state index >= 15 is 13.2 Å². The molecule has 4 heterocycles. The van der Waals surface area contributed by atoms with Crippen molar-refractivity contribution in [3.05, 3.63) is 113 Å². The van der Waals surface area contributed by atoms with Gasteiger partial charge in [-0.25, -0.2) is 22.8 Å². The largest absolute Gasteiger partial charge is 0.481 e. The van der Waals surface area contributed by atoms with Gasteiger partial charge in [0, 0.05) is 71.5 Å². The third kappa shape index (κ3) is 6.19. The summed E-state index contributed by atoms with van der Waals surface area (Å²) in [6, 6.07) is 11.9. The standard InChI is InChI=1S/C36H31F3N6O4/c1-36(27-4-2-3-20(33(27)39)5-10-32(47)48)13-11-22(46)7-6-21-18-45(44-43-21)19-26-24-12-14-40-30(24)16-29(38)34(26)49-23-8-9-28(37)25(15-23)35-41-17-31(36)42-35/h2-4,8-9,12,14-18,40H,5-7,10-11,13,19H2,1H3,(H,41,42)(H,47,48). The molecule has 0 amide bonds. The molecule has 0 radical (unpaired) electrons. The van der Waals surface area contributed by atoms with Gasteiger partial charge in [0.05, 0.1) is 17.8 Å². The molecule has 7 rings (SSSR count). The number of Topliss-reactive ketones (excluding diaryl/α,β-unsaturated/α-hetero) is 1. The van der Waals surface area contributed by atoms with Crippen LogP contribution < -0.4 is 4.74 Å². The number of halogens is 3. The number of H-pyrrole nitrogens is 2. The second-order valence-electron chi connectivity index (χ2n) is 12.4. The molecule has 1 unspecified atom stereocenters. The number of carbonyl (C=O) groups excluding carboxylic acids is 1. The molecule has 0 fully saturated rings. The zero-order valence-electron chi connectivity index (χ0n) is 26.4. The first-order chi connectivity index (χ1) is 23.6. The Kier molecular flexibility index (Phi) is 8.27. The van der Waals surface area contributed by atoms with Crippen molar-refractivity contribution in [3.63, 3.8) is 0 Å². The van der Waals surface area contributed by atoms with Crippen molar-refractivity contribution in [2.75, 3.05) is 0 Å². The molecule has 13 heteroatoms. The number of imidazole rings is 1. The molecule has 250 valence electrons. The Morgan fingerprint density at radius 1 is 1.08 bits per heavy atom. The molecule has 3 N–H and O–H groups in total. The lowest BCUT2D eigenvalue weighted by atomic mass is 9.74. The predicted molar refractivity (Wildman–Crippen MR) is 173 cm³/mol. The molecule has 0 saturated heterocycles. The maximum absolute atomic E-state index is 16.1. The number of fused-ring (bicyclic) bond motifs is 10. The number of aryl methyl sites for hydroxylation is 2. The normalized spacial score (nSPS) is 16.8. The molecular formula is C36H31F3N6O4. The lowest BCUT2D eigenvalue weighted by Crippen LogP contribution is -2.27. The van der Waals surface area contributed by atoms with Crippen molar-refractivity contribution in [1.82, 2.24) is 29.9 Å². The number of carboxylic acids is 1. The van der Waals surface area contributed by atoms with E-state index in [2.05, 4.69) is 25.3 Å². The molecule has 6 bridgehead atoms.